The normalized spacial score (nSPS) is 14.3. The van der Waals surface area contributed by atoms with Crippen molar-refractivity contribution in [3.8, 4) is 11.5 Å². The van der Waals surface area contributed by atoms with Crippen molar-refractivity contribution >= 4 is 11.6 Å². The number of nitrogens with zero attached hydrogens (tertiary/aromatic N) is 2. The molecule has 0 spiro atoms. The third-order valence-electron chi connectivity index (χ3n) is 4.43. The second-order valence-corrected chi connectivity index (χ2v) is 6.17. The van der Waals surface area contributed by atoms with Crippen molar-refractivity contribution in [2.45, 2.75) is 6.92 Å². The van der Waals surface area contributed by atoms with Crippen LogP contribution in [0.4, 0.5) is 5.69 Å². The molecule has 1 aliphatic heterocycles. The molecule has 0 bridgehead atoms. The topological polar surface area (TPSA) is 42.0 Å². The van der Waals surface area contributed by atoms with E-state index in [0.717, 1.165) is 30.3 Å². The highest BCUT2D eigenvalue weighted by atomic mass is 16.5. The van der Waals surface area contributed by atoms with Crippen molar-refractivity contribution in [1.29, 1.82) is 0 Å². The number of anilines is 1. The molecule has 0 aromatic heterocycles. The van der Waals surface area contributed by atoms with Gasteiger partial charge in [0.2, 0.25) is 0 Å². The van der Waals surface area contributed by atoms with Crippen LogP contribution >= 0.6 is 0 Å². The Labute approximate surface area is 148 Å². The number of carbonyl (C=O) groups is 1. The maximum atomic E-state index is 12.3. The Balaban J connectivity index is 1.49. The maximum absolute atomic E-state index is 12.3. The Hall–Kier alpha value is -2.69. The van der Waals surface area contributed by atoms with Crippen LogP contribution in [-0.2, 0) is 4.79 Å². The molecule has 1 aliphatic rings. The van der Waals surface area contributed by atoms with Gasteiger partial charge in [-0.1, -0.05) is 23.8 Å². The zero-order valence-electron chi connectivity index (χ0n) is 14.8. The number of benzene rings is 2. The Kier molecular flexibility index (Phi) is 5.43. The first-order valence-corrected chi connectivity index (χ1v) is 8.52. The highest BCUT2D eigenvalue weighted by Crippen LogP contribution is 2.22. The summed E-state index contributed by atoms with van der Waals surface area (Å²) in [6.07, 6.45) is 0. The predicted molar refractivity (Wildman–Crippen MR) is 98.5 cm³/mol. The van der Waals surface area contributed by atoms with E-state index in [9.17, 15) is 4.79 Å². The predicted octanol–water partition coefficient (Wildman–Crippen LogP) is 2.73. The van der Waals surface area contributed by atoms with Crippen molar-refractivity contribution < 1.29 is 14.3 Å². The van der Waals surface area contributed by atoms with Crippen molar-refractivity contribution in [2.24, 2.45) is 0 Å². The van der Waals surface area contributed by atoms with Gasteiger partial charge in [0.05, 0.1) is 7.11 Å². The van der Waals surface area contributed by atoms with E-state index in [4.69, 9.17) is 9.47 Å². The van der Waals surface area contributed by atoms with Gasteiger partial charge < -0.3 is 19.3 Å². The van der Waals surface area contributed by atoms with E-state index in [-0.39, 0.29) is 12.5 Å². The Morgan fingerprint density at radius 2 is 1.72 bits per heavy atom. The van der Waals surface area contributed by atoms with E-state index in [0.29, 0.717) is 13.1 Å². The summed E-state index contributed by atoms with van der Waals surface area (Å²) in [5.41, 5.74) is 2.30. The molecule has 0 unspecified atom stereocenters. The molecule has 0 radical (unpaired) electrons. The molecule has 132 valence electrons. The Morgan fingerprint density at radius 1 is 1.00 bits per heavy atom. The highest BCUT2D eigenvalue weighted by molar-refractivity contribution is 5.78. The molecule has 2 aromatic rings. The van der Waals surface area contributed by atoms with Gasteiger partial charge in [0.15, 0.2) is 6.61 Å². The monoisotopic (exact) mass is 340 g/mol. The fourth-order valence-corrected chi connectivity index (χ4v) is 2.89. The van der Waals surface area contributed by atoms with Gasteiger partial charge in [0.25, 0.3) is 5.91 Å². The van der Waals surface area contributed by atoms with Crippen LogP contribution in [0.1, 0.15) is 5.56 Å². The van der Waals surface area contributed by atoms with Crippen molar-refractivity contribution in [2.75, 3.05) is 44.8 Å². The van der Waals surface area contributed by atoms with Gasteiger partial charge in [0, 0.05) is 37.9 Å². The molecule has 3 rings (SSSR count). The van der Waals surface area contributed by atoms with Gasteiger partial charge in [-0.25, -0.2) is 0 Å². The summed E-state index contributed by atoms with van der Waals surface area (Å²) in [6.45, 7) is 5.13. The number of hydrogen-bond acceptors (Lipinski definition) is 4. The first-order valence-electron chi connectivity index (χ1n) is 8.52. The van der Waals surface area contributed by atoms with Gasteiger partial charge in [-0.3, -0.25) is 4.79 Å². The molecular weight excluding hydrogens is 316 g/mol. The number of carbonyl (C=O) groups excluding carboxylic acids is 1. The number of amides is 1. The average molecular weight is 340 g/mol. The van der Waals surface area contributed by atoms with Crippen LogP contribution < -0.4 is 14.4 Å². The number of methoxy groups -OCH3 is 1. The molecule has 1 saturated heterocycles. The van der Waals surface area contributed by atoms with Crippen LogP contribution in [0, 0.1) is 6.92 Å². The highest BCUT2D eigenvalue weighted by Gasteiger charge is 2.21. The molecule has 1 fully saturated rings. The maximum Gasteiger partial charge on any atom is 0.260 e. The van der Waals surface area contributed by atoms with Crippen LogP contribution in [0.25, 0.3) is 0 Å². The second-order valence-electron chi connectivity index (χ2n) is 6.17. The Bertz CT molecular complexity index is 707. The molecule has 5 heteroatoms. The van der Waals surface area contributed by atoms with Gasteiger partial charge in [0.1, 0.15) is 11.5 Å². The SMILES string of the molecule is COc1cccc(N2CCN(C(=O)COc3ccc(C)cc3)CC2)c1. The van der Waals surface area contributed by atoms with E-state index in [1.54, 1.807) is 7.11 Å². The van der Waals surface area contributed by atoms with Crippen molar-refractivity contribution in [3.05, 3.63) is 54.1 Å². The van der Waals surface area contributed by atoms with Gasteiger partial charge in [-0.15, -0.1) is 0 Å². The number of rotatable bonds is 5. The van der Waals surface area contributed by atoms with Gasteiger partial charge >= 0.3 is 0 Å². The van der Waals surface area contributed by atoms with Crippen LogP contribution in [-0.4, -0.2) is 50.7 Å². The molecule has 5 nitrogen and oxygen atoms in total. The zero-order chi connectivity index (χ0) is 17.6. The summed E-state index contributed by atoms with van der Waals surface area (Å²) in [4.78, 5) is 16.5. The zero-order valence-corrected chi connectivity index (χ0v) is 14.8. The number of aryl methyl sites for hydroxylation is 1. The lowest BCUT2D eigenvalue weighted by molar-refractivity contribution is -0.133. The smallest absolute Gasteiger partial charge is 0.260 e. The summed E-state index contributed by atoms with van der Waals surface area (Å²) in [6, 6.07) is 15.8. The standard InChI is InChI=1S/C20H24N2O3/c1-16-6-8-18(9-7-16)25-15-20(23)22-12-10-21(11-13-22)17-4-3-5-19(14-17)24-2/h3-9,14H,10-13,15H2,1-2H3. The summed E-state index contributed by atoms with van der Waals surface area (Å²) in [5.74, 6) is 1.61. The van der Waals surface area contributed by atoms with Gasteiger partial charge in [-0.2, -0.15) is 0 Å². The average Bonchev–Trinajstić information content (AvgIpc) is 2.67. The number of ether oxygens (including phenoxy) is 2. The van der Waals surface area contributed by atoms with Crippen molar-refractivity contribution in [1.82, 2.24) is 4.90 Å². The third kappa shape index (κ3) is 4.44. The minimum absolute atomic E-state index is 0.0332. The minimum Gasteiger partial charge on any atom is -0.497 e. The molecule has 2 aromatic carbocycles. The van der Waals surface area contributed by atoms with Crippen LogP contribution in [0.2, 0.25) is 0 Å². The second kappa shape index (κ2) is 7.92. The lowest BCUT2D eigenvalue weighted by Crippen LogP contribution is -2.50. The molecule has 0 atom stereocenters. The molecule has 1 heterocycles. The van der Waals surface area contributed by atoms with Crippen LogP contribution in [0.3, 0.4) is 0 Å². The molecule has 0 aliphatic carbocycles. The summed E-state index contributed by atoms with van der Waals surface area (Å²) in [5, 5.41) is 0. The first-order chi connectivity index (χ1) is 12.2. The van der Waals surface area contributed by atoms with Crippen molar-refractivity contribution in [3.63, 3.8) is 0 Å². The molecule has 25 heavy (non-hydrogen) atoms. The summed E-state index contributed by atoms with van der Waals surface area (Å²) < 4.78 is 10.9. The van der Waals surface area contributed by atoms with Crippen LogP contribution in [0.15, 0.2) is 48.5 Å². The summed E-state index contributed by atoms with van der Waals surface area (Å²) in [7, 11) is 1.67. The van der Waals surface area contributed by atoms with E-state index >= 15 is 0 Å². The van der Waals surface area contributed by atoms with Crippen LogP contribution in [0.5, 0.6) is 11.5 Å². The molecule has 1 amide bonds. The fraction of sp³-hybridized carbons (Fsp3) is 0.350. The van der Waals surface area contributed by atoms with Gasteiger partial charge in [-0.05, 0) is 31.2 Å². The molecule has 0 saturated carbocycles. The quantitative estimate of drug-likeness (QED) is 0.839. The van der Waals surface area contributed by atoms with E-state index in [2.05, 4.69) is 11.0 Å². The molecular formula is C20H24N2O3. The minimum atomic E-state index is 0.0332. The Morgan fingerprint density at radius 3 is 2.40 bits per heavy atom. The third-order valence-corrected chi connectivity index (χ3v) is 4.43. The number of hydrogen-bond donors (Lipinski definition) is 0. The largest absolute Gasteiger partial charge is 0.497 e. The summed E-state index contributed by atoms with van der Waals surface area (Å²) >= 11 is 0. The van der Waals surface area contributed by atoms with E-state index in [1.165, 1.54) is 5.56 Å². The van der Waals surface area contributed by atoms with E-state index in [1.807, 2.05) is 54.3 Å². The molecule has 0 N–H and O–H groups in total. The lowest BCUT2D eigenvalue weighted by atomic mass is 10.2. The fourth-order valence-electron chi connectivity index (χ4n) is 2.89. The first kappa shape index (κ1) is 17.1. The lowest BCUT2D eigenvalue weighted by Gasteiger charge is -2.36. The number of piperazine rings is 1. The van der Waals surface area contributed by atoms with E-state index < -0.39 is 0 Å².